The van der Waals surface area contributed by atoms with Crippen LogP contribution in [0, 0.1) is 0 Å². The molecular weight excluding hydrogens is 332 g/mol. The van der Waals surface area contributed by atoms with Gasteiger partial charge in [-0.25, -0.2) is 9.97 Å². The molecule has 0 saturated heterocycles. The number of benzene rings is 2. The van der Waals surface area contributed by atoms with Gasteiger partial charge in [-0.1, -0.05) is 0 Å². The van der Waals surface area contributed by atoms with Gasteiger partial charge in [0.25, 0.3) is 0 Å². The number of nitrogens with zero attached hydrogens (tertiary/aromatic N) is 2. The van der Waals surface area contributed by atoms with Gasteiger partial charge in [0.1, 0.15) is 34.3 Å². The Morgan fingerprint density at radius 2 is 1.00 bits per heavy atom. The van der Waals surface area contributed by atoms with Gasteiger partial charge in [0.2, 0.25) is 0 Å². The van der Waals surface area contributed by atoms with E-state index in [1.165, 1.54) is 0 Å². The number of hydrogen-bond acceptors (Lipinski definition) is 6. The number of methoxy groups -OCH3 is 2. The summed E-state index contributed by atoms with van der Waals surface area (Å²) in [4.78, 5) is 31.9. The predicted molar refractivity (Wildman–Crippen MR) is 96.8 cm³/mol. The molecule has 26 heavy (non-hydrogen) atoms. The molecule has 3 rings (SSSR count). The van der Waals surface area contributed by atoms with Crippen LogP contribution in [-0.2, 0) is 0 Å². The standard InChI is InChI=1S/C20H16N2O4/c1-25-15-7-3-13(4-8-15)19-17(11-23)22-20(18(12-24)21-19)14-5-9-16(26-2)10-6-14/h3-12H,1-2H3. The monoisotopic (exact) mass is 348 g/mol. The van der Waals surface area contributed by atoms with Gasteiger partial charge in [0, 0.05) is 11.1 Å². The quantitative estimate of drug-likeness (QED) is 0.635. The highest BCUT2D eigenvalue weighted by Gasteiger charge is 2.16. The maximum atomic E-state index is 11.6. The van der Waals surface area contributed by atoms with Crippen molar-refractivity contribution < 1.29 is 19.1 Å². The van der Waals surface area contributed by atoms with Crippen LogP contribution in [0.3, 0.4) is 0 Å². The van der Waals surface area contributed by atoms with Crippen molar-refractivity contribution in [3.8, 4) is 34.0 Å². The number of rotatable bonds is 6. The molecular formula is C20H16N2O4. The first-order valence-electron chi connectivity index (χ1n) is 7.81. The summed E-state index contributed by atoms with van der Waals surface area (Å²) in [7, 11) is 3.14. The highest BCUT2D eigenvalue weighted by atomic mass is 16.5. The second kappa shape index (κ2) is 7.57. The molecule has 0 aliphatic heterocycles. The summed E-state index contributed by atoms with van der Waals surface area (Å²) in [5.41, 5.74) is 2.36. The van der Waals surface area contributed by atoms with Crippen molar-refractivity contribution in [1.82, 2.24) is 9.97 Å². The summed E-state index contributed by atoms with van der Waals surface area (Å²) in [5.74, 6) is 1.36. The molecule has 0 N–H and O–H groups in total. The van der Waals surface area contributed by atoms with Crippen molar-refractivity contribution in [1.29, 1.82) is 0 Å². The van der Waals surface area contributed by atoms with Crippen LogP contribution >= 0.6 is 0 Å². The largest absolute Gasteiger partial charge is 0.497 e. The molecule has 1 aromatic heterocycles. The van der Waals surface area contributed by atoms with Crippen molar-refractivity contribution >= 4 is 12.6 Å². The van der Waals surface area contributed by atoms with Gasteiger partial charge in [-0.05, 0) is 48.5 Å². The molecule has 0 unspecified atom stereocenters. The predicted octanol–water partition coefficient (Wildman–Crippen LogP) is 3.45. The number of aromatic nitrogens is 2. The first kappa shape index (κ1) is 17.3. The maximum Gasteiger partial charge on any atom is 0.170 e. The topological polar surface area (TPSA) is 78.4 Å². The molecule has 0 spiro atoms. The smallest absolute Gasteiger partial charge is 0.170 e. The molecule has 2 aromatic carbocycles. The fourth-order valence-corrected chi connectivity index (χ4v) is 2.55. The molecule has 0 amide bonds. The lowest BCUT2D eigenvalue weighted by molar-refractivity contribution is 0.110. The SMILES string of the molecule is COc1ccc(-c2nc(C=O)c(-c3ccc(OC)cc3)nc2C=O)cc1. The summed E-state index contributed by atoms with van der Waals surface area (Å²) in [6.07, 6.45) is 1.27. The van der Waals surface area contributed by atoms with Gasteiger partial charge >= 0.3 is 0 Å². The van der Waals surface area contributed by atoms with E-state index in [9.17, 15) is 9.59 Å². The first-order chi connectivity index (χ1) is 12.7. The van der Waals surface area contributed by atoms with Gasteiger partial charge in [0.05, 0.1) is 14.2 Å². The summed E-state index contributed by atoms with van der Waals surface area (Å²) in [5, 5.41) is 0. The lowest BCUT2D eigenvalue weighted by Gasteiger charge is -2.10. The number of ether oxygens (including phenoxy) is 2. The van der Waals surface area contributed by atoms with Gasteiger partial charge in [-0.2, -0.15) is 0 Å². The Bertz CT molecular complexity index is 856. The van der Waals surface area contributed by atoms with E-state index in [0.29, 0.717) is 46.6 Å². The van der Waals surface area contributed by atoms with Crippen molar-refractivity contribution in [2.75, 3.05) is 14.2 Å². The third-order valence-electron chi connectivity index (χ3n) is 3.90. The van der Waals surface area contributed by atoms with Crippen molar-refractivity contribution in [2.45, 2.75) is 0 Å². The van der Waals surface area contributed by atoms with Crippen LogP contribution in [0.2, 0.25) is 0 Å². The molecule has 0 aliphatic carbocycles. The molecule has 3 aromatic rings. The van der Waals surface area contributed by atoms with Crippen molar-refractivity contribution in [3.63, 3.8) is 0 Å². The van der Waals surface area contributed by atoms with E-state index >= 15 is 0 Å². The maximum absolute atomic E-state index is 11.6. The zero-order valence-corrected chi connectivity index (χ0v) is 14.3. The average molecular weight is 348 g/mol. The van der Waals surface area contributed by atoms with Crippen LogP contribution in [0.4, 0.5) is 0 Å². The van der Waals surface area contributed by atoms with Crippen molar-refractivity contribution in [2.24, 2.45) is 0 Å². The van der Waals surface area contributed by atoms with Gasteiger partial charge in [0.15, 0.2) is 12.6 Å². The van der Waals surface area contributed by atoms with Crippen molar-refractivity contribution in [3.05, 3.63) is 59.9 Å². The molecule has 0 atom stereocenters. The van der Waals surface area contributed by atoms with E-state index in [4.69, 9.17) is 9.47 Å². The van der Waals surface area contributed by atoms with Crippen LogP contribution in [0.1, 0.15) is 21.0 Å². The van der Waals surface area contributed by atoms with Crippen LogP contribution in [-0.4, -0.2) is 36.8 Å². The Balaban J connectivity index is 2.12. The van der Waals surface area contributed by atoms with Crippen LogP contribution in [0.15, 0.2) is 48.5 Å². The molecule has 0 aliphatic rings. The fourth-order valence-electron chi connectivity index (χ4n) is 2.55. The molecule has 0 bridgehead atoms. The fraction of sp³-hybridized carbons (Fsp3) is 0.100. The van der Waals surface area contributed by atoms with E-state index in [1.54, 1.807) is 62.8 Å². The van der Waals surface area contributed by atoms with E-state index in [1.807, 2.05) is 0 Å². The molecule has 1 heterocycles. The van der Waals surface area contributed by atoms with Crippen LogP contribution in [0.25, 0.3) is 22.5 Å². The van der Waals surface area contributed by atoms with Gasteiger partial charge < -0.3 is 9.47 Å². The number of carbonyl (C=O) groups is 2. The number of aldehydes is 2. The lowest BCUT2D eigenvalue weighted by Crippen LogP contribution is -2.04. The van der Waals surface area contributed by atoms with Crippen LogP contribution in [0.5, 0.6) is 11.5 Å². The van der Waals surface area contributed by atoms with Gasteiger partial charge in [-0.3, -0.25) is 9.59 Å². The summed E-state index contributed by atoms with van der Waals surface area (Å²) in [6.45, 7) is 0. The molecule has 6 nitrogen and oxygen atoms in total. The second-order valence-electron chi connectivity index (χ2n) is 5.38. The number of hydrogen-bond donors (Lipinski definition) is 0. The summed E-state index contributed by atoms with van der Waals surface area (Å²) in [6, 6.07) is 14.1. The lowest BCUT2D eigenvalue weighted by atomic mass is 10.1. The Hall–Kier alpha value is -3.54. The Kier molecular flexibility index (Phi) is 5.03. The number of carbonyl (C=O) groups excluding carboxylic acids is 2. The van der Waals surface area contributed by atoms with E-state index in [-0.39, 0.29) is 11.4 Å². The van der Waals surface area contributed by atoms with Gasteiger partial charge in [-0.15, -0.1) is 0 Å². The van der Waals surface area contributed by atoms with E-state index in [2.05, 4.69) is 9.97 Å². The minimum Gasteiger partial charge on any atom is -0.497 e. The Morgan fingerprint density at radius 1 is 0.654 bits per heavy atom. The molecule has 130 valence electrons. The highest BCUT2D eigenvalue weighted by Crippen LogP contribution is 2.28. The first-order valence-corrected chi connectivity index (χ1v) is 7.81. The molecule has 0 radical (unpaired) electrons. The Labute approximate surface area is 150 Å². The minimum absolute atomic E-state index is 0.159. The Morgan fingerprint density at radius 3 is 1.27 bits per heavy atom. The highest BCUT2D eigenvalue weighted by molar-refractivity contribution is 5.90. The summed E-state index contributed by atoms with van der Waals surface area (Å²) < 4.78 is 10.3. The third-order valence-corrected chi connectivity index (χ3v) is 3.90. The normalized spacial score (nSPS) is 10.2. The third kappa shape index (κ3) is 3.30. The van der Waals surface area contributed by atoms with Crippen LogP contribution < -0.4 is 9.47 Å². The zero-order chi connectivity index (χ0) is 18.5. The summed E-state index contributed by atoms with van der Waals surface area (Å²) >= 11 is 0. The molecule has 6 heteroatoms. The second-order valence-corrected chi connectivity index (χ2v) is 5.38. The zero-order valence-electron chi connectivity index (χ0n) is 14.3. The molecule has 0 saturated carbocycles. The average Bonchev–Trinajstić information content (AvgIpc) is 2.73. The molecule has 0 fully saturated rings. The van der Waals surface area contributed by atoms with E-state index < -0.39 is 0 Å². The van der Waals surface area contributed by atoms with E-state index in [0.717, 1.165) is 0 Å². The minimum atomic E-state index is 0.159.